The highest BCUT2D eigenvalue weighted by molar-refractivity contribution is 6.36. The van der Waals surface area contributed by atoms with Gasteiger partial charge in [-0.15, -0.1) is 0 Å². The van der Waals surface area contributed by atoms with Gasteiger partial charge in [-0.05, 0) is 43.3 Å². The molecule has 1 N–H and O–H groups in total. The number of carbonyl (C=O) groups is 1. The molecule has 0 saturated carbocycles. The SMILES string of the molecule is CO[C@@]1(C)c2cc(Cl)cc(Cl)c2OC(=O)N1Nc1ccc(Cl)cc1. The molecule has 2 aromatic rings. The lowest BCUT2D eigenvalue weighted by atomic mass is 10.0. The summed E-state index contributed by atoms with van der Waals surface area (Å²) in [5.74, 6) is 0.226. The summed E-state index contributed by atoms with van der Waals surface area (Å²) in [5, 5.41) is 2.46. The van der Waals surface area contributed by atoms with Gasteiger partial charge in [0.05, 0.1) is 16.3 Å². The van der Waals surface area contributed by atoms with Crippen molar-refractivity contribution in [3.63, 3.8) is 0 Å². The molecule has 1 heterocycles. The minimum atomic E-state index is -1.18. The highest BCUT2D eigenvalue weighted by atomic mass is 35.5. The molecule has 0 fully saturated rings. The average Bonchev–Trinajstić information content (AvgIpc) is 2.54. The normalized spacial score (nSPS) is 19.7. The zero-order valence-electron chi connectivity index (χ0n) is 12.8. The van der Waals surface area contributed by atoms with Crippen LogP contribution >= 0.6 is 34.8 Å². The zero-order chi connectivity index (χ0) is 17.5. The Bertz CT molecular complexity index is 798. The summed E-state index contributed by atoms with van der Waals surface area (Å²) in [4.78, 5) is 12.5. The molecule has 0 radical (unpaired) electrons. The fraction of sp³-hybridized carbons (Fsp3) is 0.188. The van der Waals surface area contributed by atoms with E-state index in [4.69, 9.17) is 44.3 Å². The molecule has 0 saturated heterocycles. The van der Waals surface area contributed by atoms with E-state index >= 15 is 0 Å². The minimum Gasteiger partial charge on any atom is -0.407 e. The highest BCUT2D eigenvalue weighted by Crippen LogP contribution is 2.45. The molecule has 0 unspecified atom stereocenters. The highest BCUT2D eigenvalue weighted by Gasteiger charge is 2.46. The first-order valence-electron chi connectivity index (χ1n) is 6.94. The number of nitrogens with zero attached hydrogens (tertiary/aromatic N) is 1. The zero-order valence-corrected chi connectivity index (χ0v) is 15.0. The molecule has 5 nitrogen and oxygen atoms in total. The van der Waals surface area contributed by atoms with E-state index in [1.54, 1.807) is 37.3 Å². The van der Waals surface area contributed by atoms with Crippen molar-refractivity contribution in [3.05, 3.63) is 57.0 Å². The Hall–Kier alpha value is -1.66. The number of ether oxygens (including phenoxy) is 2. The predicted molar refractivity (Wildman–Crippen MR) is 93.8 cm³/mol. The second-order valence-corrected chi connectivity index (χ2v) is 6.55. The largest absolute Gasteiger partial charge is 0.437 e. The van der Waals surface area contributed by atoms with E-state index in [0.717, 1.165) is 0 Å². The molecular formula is C16H13Cl3N2O3. The van der Waals surface area contributed by atoms with Crippen LogP contribution in [-0.2, 0) is 10.5 Å². The van der Waals surface area contributed by atoms with Crippen molar-refractivity contribution in [2.24, 2.45) is 0 Å². The molecule has 2 aromatic carbocycles. The Kier molecular flexibility index (Phi) is 4.53. The van der Waals surface area contributed by atoms with Crippen LogP contribution in [-0.4, -0.2) is 18.2 Å². The van der Waals surface area contributed by atoms with Crippen molar-refractivity contribution in [2.45, 2.75) is 12.6 Å². The molecule has 1 aliphatic heterocycles. The smallest absolute Gasteiger partial charge is 0.407 e. The lowest BCUT2D eigenvalue weighted by Crippen LogP contribution is -2.56. The molecule has 0 aromatic heterocycles. The van der Waals surface area contributed by atoms with Gasteiger partial charge in [0.1, 0.15) is 0 Å². The number of rotatable bonds is 3. The van der Waals surface area contributed by atoms with Gasteiger partial charge in [-0.3, -0.25) is 5.43 Å². The van der Waals surface area contributed by atoms with Crippen molar-refractivity contribution in [3.8, 4) is 5.75 Å². The maximum absolute atomic E-state index is 12.5. The third kappa shape index (κ3) is 2.89. The number of amides is 1. The van der Waals surface area contributed by atoms with E-state index in [1.165, 1.54) is 18.2 Å². The number of carbonyl (C=O) groups excluding carboxylic acids is 1. The first kappa shape index (κ1) is 17.2. The van der Waals surface area contributed by atoms with Crippen LogP contribution in [0.3, 0.4) is 0 Å². The molecule has 0 bridgehead atoms. The van der Waals surface area contributed by atoms with E-state index < -0.39 is 11.8 Å². The predicted octanol–water partition coefficient (Wildman–Crippen LogP) is 5.31. The van der Waals surface area contributed by atoms with Gasteiger partial charge in [-0.2, -0.15) is 5.01 Å². The van der Waals surface area contributed by atoms with Crippen LogP contribution in [0.1, 0.15) is 12.5 Å². The standard InChI is InChI=1S/C16H13Cl3N2O3/c1-16(23-2)12-7-10(18)8-13(19)14(12)24-15(22)21(16)20-11-5-3-9(17)4-6-11/h3-8,20H,1-2H3/t16-/m0/s1. The number of anilines is 1. The van der Waals surface area contributed by atoms with Crippen LogP contribution < -0.4 is 10.2 Å². The van der Waals surface area contributed by atoms with Crippen LogP contribution in [0.15, 0.2) is 36.4 Å². The molecule has 0 spiro atoms. The van der Waals surface area contributed by atoms with E-state index in [9.17, 15) is 4.79 Å². The quantitative estimate of drug-likeness (QED) is 0.775. The fourth-order valence-electron chi connectivity index (χ4n) is 2.44. The van der Waals surface area contributed by atoms with Crippen molar-refractivity contribution in [1.82, 2.24) is 5.01 Å². The van der Waals surface area contributed by atoms with E-state index in [2.05, 4.69) is 5.43 Å². The maximum Gasteiger partial charge on any atom is 0.437 e. The van der Waals surface area contributed by atoms with E-state index in [0.29, 0.717) is 21.3 Å². The van der Waals surface area contributed by atoms with Crippen molar-refractivity contribution in [1.29, 1.82) is 0 Å². The summed E-state index contributed by atoms with van der Waals surface area (Å²) in [7, 11) is 1.48. The number of benzene rings is 2. The van der Waals surface area contributed by atoms with Gasteiger partial charge in [-0.1, -0.05) is 34.8 Å². The molecule has 8 heteroatoms. The minimum absolute atomic E-state index is 0.226. The van der Waals surface area contributed by atoms with Gasteiger partial charge >= 0.3 is 6.09 Å². The Balaban J connectivity index is 2.06. The van der Waals surface area contributed by atoms with Crippen molar-refractivity contribution >= 4 is 46.6 Å². The number of hydrazine groups is 1. The summed E-state index contributed by atoms with van der Waals surface area (Å²) in [6, 6.07) is 10.0. The number of hydrogen-bond donors (Lipinski definition) is 1. The van der Waals surface area contributed by atoms with Crippen molar-refractivity contribution in [2.75, 3.05) is 12.5 Å². The van der Waals surface area contributed by atoms with Gasteiger partial charge in [0, 0.05) is 17.2 Å². The second kappa shape index (κ2) is 6.33. The topological polar surface area (TPSA) is 50.8 Å². The lowest BCUT2D eigenvalue weighted by Gasteiger charge is -2.43. The molecular weight excluding hydrogens is 375 g/mol. The Morgan fingerprint density at radius 3 is 2.42 bits per heavy atom. The monoisotopic (exact) mass is 386 g/mol. The maximum atomic E-state index is 12.5. The van der Waals surface area contributed by atoms with Gasteiger partial charge < -0.3 is 9.47 Å². The van der Waals surface area contributed by atoms with Gasteiger partial charge in [0.2, 0.25) is 0 Å². The number of methoxy groups -OCH3 is 1. The number of halogens is 3. The summed E-state index contributed by atoms with van der Waals surface area (Å²) in [6.07, 6.45) is -0.661. The molecule has 0 aliphatic carbocycles. The first-order valence-corrected chi connectivity index (χ1v) is 8.07. The second-order valence-electron chi connectivity index (χ2n) is 5.27. The summed E-state index contributed by atoms with van der Waals surface area (Å²) in [5.41, 5.74) is 2.95. The van der Waals surface area contributed by atoms with Gasteiger partial charge in [0.15, 0.2) is 11.5 Å². The third-order valence-corrected chi connectivity index (χ3v) is 4.54. The van der Waals surface area contributed by atoms with Crippen LogP contribution in [0.25, 0.3) is 0 Å². The Morgan fingerprint density at radius 2 is 1.79 bits per heavy atom. The summed E-state index contributed by atoms with van der Waals surface area (Å²) in [6.45, 7) is 1.71. The Labute approximate surface area is 154 Å². The molecule has 1 atom stereocenters. The van der Waals surface area contributed by atoms with Crippen molar-refractivity contribution < 1.29 is 14.3 Å². The van der Waals surface area contributed by atoms with Crippen LogP contribution in [0.2, 0.25) is 15.1 Å². The summed E-state index contributed by atoms with van der Waals surface area (Å²) >= 11 is 18.1. The average molecular weight is 388 g/mol. The van der Waals surface area contributed by atoms with Crippen LogP contribution in [0, 0.1) is 0 Å². The number of hydrogen-bond acceptors (Lipinski definition) is 4. The molecule has 1 aliphatic rings. The molecule has 24 heavy (non-hydrogen) atoms. The molecule has 126 valence electrons. The fourth-order valence-corrected chi connectivity index (χ4v) is 3.10. The summed E-state index contributed by atoms with van der Waals surface area (Å²) < 4.78 is 11.0. The van der Waals surface area contributed by atoms with E-state index in [1.807, 2.05) is 0 Å². The number of nitrogens with one attached hydrogen (secondary N) is 1. The third-order valence-electron chi connectivity index (χ3n) is 3.79. The molecule has 3 rings (SSSR count). The van der Waals surface area contributed by atoms with Crippen LogP contribution in [0.4, 0.5) is 10.5 Å². The van der Waals surface area contributed by atoms with Crippen LogP contribution in [0.5, 0.6) is 5.75 Å². The first-order chi connectivity index (χ1) is 11.3. The number of fused-ring (bicyclic) bond motifs is 1. The van der Waals surface area contributed by atoms with Gasteiger partial charge in [-0.25, -0.2) is 4.79 Å². The van der Waals surface area contributed by atoms with Gasteiger partial charge in [0.25, 0.3) is 0 Å². The Morgan fingerprint density at radius 1 is 1.12 bits per heavy atom. The lowest BCUT2D eigenvalue weighted by molar-refractivity contribution is -0.111. The molecule has 1 amide bonds. The van der Waals surface area contributed by atoms with E-state index in [-0.39, 0.29) is 10.8 Å².